The van der Waals surface area contributed by atoms with Crippen molar-refractivity contribution in [2.24, 2.45) is 5.92 Å². The largest absolute Gasteiger partial charge is 0.317 e. The van der Waals surface area contributed by atoms with Gasteiger partial charge >= 0.3 is 0 Å². The normalized spacial score (nSPS) is 16.7. The van der Waals surface area contributed by atoms with Gasteiger partial charge in [-0.15, -0.1) is 0 Å². The summed E-state index contributed by atoms with van der Waals surface area (Å²) < 4.78 is 26.3. The zero-order valence-corrected chi connectivity index (χ0v) is 12.8. The van der Waals surface area contributed by atoms with Crippen molar-refractivity contribution in [3.8, 4) is 0 Å². The maximum atomic E-state index is 12.3. The lowest BCUT2D eigenvalue weighted by Gasteiger charge is -2.25. The van der Waals surface area contributed by atoms with Gasteiger partial charge in [0.1, 0.15) is 0 Å². The van der Waals surface area contributed by atoms with Gasteiger partial charge in [-0.2, -0.15) is 4.31 Å². The first-order valence-corrected chi connectivity index (χ1v) is 8.78. The van der Waals surface area contributed by atoms with Gasteiger partial charge in [0, 0.05) is 12.6 Å². The Balaban J connectivity index is 2.37. The van der Waals surface area contributed by atoms with Gasteiger partial charge in [0.05, 0.1) is 5.75 Å². The van der Waals surface area contributed by atoms with Crippen LogP contribution in [-0.2, 0) is 10.0 Å². The van der Waals surface area contributed by atoms with Crippen LogP contribution < -0.4 is 5.32 Å². The Bertz CT molecular complexity index is 324. The Morgan fingerprint density at radius 1 is 1.28 bits per heavy atom. The standard InChI is InChI=1S/C13H28N2O2S/c1-4-14-9-5-6-10-18(16,17)15(12(2)3)11-13-7-8-13/h12-14H,4-11H2,1-3H3. The van der Waals surface area contributed by atoms with E-state index in [1.54, 1.807) is 4.31 Å². The fraction of sp³-hybridized carbons (Fsp3) is 1.00. The zero-order valence-electron chi connectivity index (χ0n) is 12.0. The lowest BCUT2D eigenvalue weighted by atomic mass is 10.3. The molecule has 0 atom stereocenters. The SMILES string of the molecule is CCNCCCCS(=O)(=O)N(CC1CC1)C(C)C. The quantitative estimate of drug-likeness (QED) is 0.619. The number of hydrogen-bond acceptors (Lipinski definition) is 3. The summed E-state index contributed by atoms with van der Waals surface area (Å²) in [4.78, 5) is 0. The monoisotopic (exact) mass is 276 g/mol. The molecule has 0 aromatic heterocycles. The second-order valence-corrected chi connectivity index (χ2v) is 7.52. The molecule has 0 spiro atoms. The van der Waals surface area contributed by atoms with Crippen molar-refractivity contribution in [3.63, 3.8) is 0 Å². The van der Waals surface area contributed by atoms with E-state index in [1.807, 2.05) is 13.8 Å². The molecule has 0 bridgehead atoms. The molecule has 5 heteroatoms. The van der Waals surface area contributed by atoms with Crippen molar-refractivity contribution in [2.75, 3.05) is 25.4 Å². The Morgan fingerprint density at radius 2 is 1.94 bits per heavy atom. The first-order chi connectivity index (χ1) is 8.47. The van der Waals surface area contributed by atoms with Crippen LogP contribution in [0.5, 0.6) is 0 Å². The van der Waals surface area contributed by atoms with Crippen molar-refractivity contribution in [1.82, 2.24) is 9.62 Å². The third-order valence-electron chi connectivity index (χ3n) is 3.32. The van der Waals surface area contributed by atoms with E-state index >= 15 is 0 Å². The van der Waals surface area contributed by atoms with Gasteiger partial charge in [-0.25, -0.2) is 8.42 Å². The van der Waals surface area contributed by atoms with Gasteiger partial charge in [-0.1, -0.05) is 6.92 Å². The van der Waals surface area contributed by atoms with Gasteiger partial charge in [0.15, 0.2) is 0 Å². The molecular weight excluding hydrogens is 248 g/mol. The molecule has 1 saturated carbocycles. The Kier molecular flexibility index (Phi) is 6.60. The number of hydrogen-bond donors (Lipinski definition) is 1. The fourth-order valence-corrected chi connectivity index (χ4v) is 3.91. The number of unbranched alkanes of at least 4 members (excludes halogenated alkanes) is 1. The number of rotatable bonds is 10. The zero-order chi connectivity index (χ0) is 13.6. The molecule has 1 aliphatic rings. The summed E-state index contributed by atoms with van der Waals surface area (Å²) >= 11 is 0. The van der Waals surface area contributed by atoms with Crippen molar-refractivity contribution >= 4 is 10.0 Å². The molecule has 0 radical (unpaired) electrons. The van der Waals surface area contributed by atoms with E-state index < -0.39 is 10.0 Å². The maximum Gasteiger partial charge on any atom is 0.214 e. The van der Waals surface area contributed by atoms with Gasteiger partial charge in [0.25, 0.3) is 0 Å². The second-order valence-electron chi connectivity index (χ2n) is 5.48. The lowest BCUT2D eigenvalue weighted by molar-refractivity contribution is 0.341. The number of nitrogens with one attached hydrogen (secondary N) is 1. The van der Waals surface area contributed by atoms with Gasteiger partial charge in [-0.05, 0) is 58.5 Å². The first kappa shape index (κ1) is 15.9. The Labute approximate surface area is 112 Å². The van der Waals surface area contributed by atoms with Crippen LogP contribution in [0.3, 0.4) is 0 Å². The van der Waals surface area contributed by atoms with Crippen LogP contribution >= 0.6 is 0 Å². The van der Waals surface area contributed by atoms with E-state index in [0.717, 1.165) is 32.5 Å². The molecule has 0 unspecified atom stereocenters. The van der Waals surface area contributed by atoms with Crippen LogP contribution in [0.25, 0.3) is 0 Å². The molecule has 108 valence electrons. The molecule has 0 aliphatic heterocycles. The molecule has 4 nitrogen and oxygen atoms in total. The van der Waals surface area contributed by atoms with Gasteiger partial charge in [-0.3, -0.25) is 0 Å². The van der Waals surface area contributed by atoms with E-state index in [9.17, 15) is 8.42 Å². The van der Waals surface area contributed by atoms with E-state index in [-0.39, 0.29) is 6.04 Å². The highest BCUT2D eigenvalue weighted by molar-refractivity contribution is 7.89. The van der Waals surface area contributed by atoms with Crippen molar-refractivity contribution in [1.29, 1.82) is 0 Å². The van der Waals surface area contributed by atoms with E-state index in [2.05, 4.69) is 12.2 Å². The van der Waals surface area contributed by atoms with Crippen LogP contribution in [0.15, 0.2) is 0 Å². The minimum atomic E-state index is -3.06. The smallest absolute Gasteiger partial charge is 0.214 e. The van der Waals surface area contributed by atoms with Crippen LogP contribution in [0.2, 0.25) is 0 Å². The molecule has 1 N–H and O–H groups in total. The predicted molar refractivity (Wildman–Crippen MR) is 76.1 cm³/mol. The topological polar surface area (TPSA) is 49.4 Å². The van der Waals surface area contributed by atoms with Crippen LogP contribution in [0.1, 0.15) is 46.5 Å². The van der Waals surface area contributed by atoms with Crippen molar-refractivity contribution < 1.29 is 8.42 Å². The fourth-order valence-electron chi connectivity index (χ4n) is 2.03. The average Bonchev–Trinajstić information content (AvgIpc) is 3.08. The van der Waals surface area contributed by atoms with E-state index in [4.69, 9.17) is 0 Å². The first-order valence-electron chi connectivity index (χ1n) is 7.17. The highest BCUT2D eigenvalue weighted by Crippen LogP contribution is 2.31. The summed E-state index contributed by atoms with van der Waals surface area (Å²) in [6.07, 6.45) is 4.07. The number of sulfonamides is 1. The summed E-state index contributed by atoms with van der Waals surface area (Å²) in [7, 11) is -3.06. The van der Waals surface area contributed by atoms with Crippen molar-refractivity contribution in [2.45, 2.75) is 52.5 Å². The molecule has 0 aromatic rings. The average molecular weight is 276 g/mol. The third kappa shape index (κ3) is 5.67. The van der Waals surface area contributed by atoms with Crippen LogP contribution in [0, 0.1) is 5.92 Å². The molecule has 0 amide bonds. The molecule has 1 aliphatic carbocycles. The van der Waals surface area contributed by atoms with Gasteiger partial charge < -0.3 is 5.32 Å². The highest BCUT2D eigenvalue weighted by atomic mass is 32.2. The van der Waals surface area contributed by atoms with Gasteiger partial charge in [0.2, 0.25) is 10.0 Å². The Morgan fingerprint density at radius 3 is 2.44 bits per heavy atom. The Hall–Kier alpha value is -0.130. The summed E-state index contributed by atoms with van der Waals surface area (Å²) in [5.74, 6) is 0.910. The third-order valence-corrected chi connectivity index (χ3v) is 5.41. The minimum absolute atomic E-state index is 0.0874. The molecular formula is C13H28N2O2S. The number of nitrogens with zero attached hydrogens (tertiary/aromatic N) is 1. The minimum Gasteiger partial charge on any atom is -0.317 e. The highest BCUT2D eigenvalue weighted by Gasteiger charge is 2.31. The lowest BCUT2D eigenvalue weighted by Crippen LogP contribution is -2.40. The van der Waals surface area contributed by atoms with E-state index in [1.165, 1.54) is 12.8 Å². The molecule has 0 aromatic carbocycles. The molecule has 18 heavy (non-hydrogen) atoms. The van der Waals surface area contributed by atoms with Crippen molar-refractivity contribution in [3.05, 3.63) is 0 Å². The summed E-state index contributed by atoms with van der Waals surface area (Å²) in [5.41, 5.74) is 0. The molecule has 1 rings (SSSR count). The molecule has 1 fully saturated rings. The molecule has 0 saturated heterocycles. The molecule has 0 heterocycles. The summed E-state index contributed by atoms with van der Waals surface area (Å²) in [6.45, 7) is 8.60. The van der Waals surface area contributed by atoms with Crippen LogP contribution in [-0.4, -0.2) is 44.2 Å². The summed E-state index contributed by atoms with van der Waals surface area (Å²) in [5, 5.41) is 3.22. The van der Waals surface area contributed by atoms with E-state index in [0.29, 0.717) is 11.7 Å². The second kappa shape index (κ2) is 7.46. The van der Waals surface area contributed by atoms with Crippen LogP contribution in [0.4, 0.5) is 0 Å². The predicted octanol–water partition coefficient (Wildman–Crippen LogP) is 1.83. The maximum absolute atomic E-state index is 12.3. The summed E-state index contributed by atoms with van der Waals surface area (Å²) in [6, 6.07) is 0.0874.